The van der Waals surface area contributed by atoms with Crippen LogP contribution in [0.4, 0.5) is 0 Å². The lowest BCUT2D eigenvalue weighted by Gasteiger charge is -2.07. The molecule has 4 N–H and O–H groups in total. The number of rotatable bonds is 6. The van der Waals surface area contributed by atoms with E-state index in [2.05, 4.69) is 10.6 Å². The largest absolute Gasteiger partial charge is 0.354 e. The third-order valence-electron chi connectivity index (χ3n) is 2.31. The van der Waals surface area contributed by atoms with Gasteiger partial charge in [-0.2, -0.15) is 0 Å². The van der Waals surface area contributed by atoms with Crippen LogP contribution in [0.1, 0.15) is 5.56 Å². The minimum atomic E-state index is -0.351. The molecule has 0 atom stereocenters. The highest BCUT2D eigenvalue weighted by Gasteiger charge is 2.04. The molecule has 0 aromatic heterocycles. The van der Waals surface area contributed by atoms with E-state index < -0.39 is 0 Å². The van der Waals surface area contributed by atoms with Crippen LogP contribution in [0.2, 0.25) is 5.02 Å². The highest BCUT2D eigenvalue weighted by Crippen LogP contribution is 2.14. The Hall–Kier alpha value is -1.59. The van der Waals surface area contributed by atoms with Crippen LogP contribution in [0.15, 0.2) is 24.3 Å². The minimum absolute atomic E-state index is 0.0570. The molecule has 0 aliphatic carbocycles. The van der Waals surface area contributed by atoms with Crippen molar-refractivity contribution in [1.29, 1.82) is 0 Å². The summed E-state index contributed by atoms with van der Waals surface area (Å²) in [6.07, 6.45) is 0.649. The first-order chi connectivity index (χ1) is 8.63. The Labute approximate surface area is 111 Å². The van der Waals surface area contributed by atoms with Gasteiger partial charge in [0.1, 0.15) is 0 Å². The fourth-order valence-electron chi connectivity index (χ4n) is 1.35. The first-order valence-corrected chi connectivity index (χ1v) is 5.98. The predicted octanol–water partition coefficient (Wildman–Crippen LogP) is 0.0736. The zero-order valence-corrected chi connectivity index (χ0v) is 10.7. The van der Waals surface area contributed by atoms with Crippen molar-refractivity contribution < 1.29 is 9.59 Å². The Kier molecular flexibility index (Phi) is 6.18. The Morgan fingerprint density at radius 2 is 1.89 bits per heavy atom. The molecule has 1 rings (SSSR count). The number of benzene rings is 1. The molecule has 98 valence electrons. The molecule has 0 radical (unpaired) electrons. The highest BCUT2D eigenvalue weighted by atomic mass is 35.5. The van der Waals surface area contributed by atoms with E-state index in [0.29, 0.717) is 18.0 Å². The SMILES string of the molecule is NCC(=O)NCC(=O)NCCc1ccccc1Cl. The summed E-state index contributed by atoms with van der Waals surface area (Å²) >= 11 is 5.98. The Balaban J connectivity index is 2.24. The predicted molar refractivity (Wildman–Crippen MR) is 70.2 cm³/mol. The summed E-state index contributed by atoms with van der Waals surface area (Å²) in [5.41, 5.74) is 6.07. The summed E-state index contributed by atoms with van der Waals surface area (Å²) in [5, 5.41) is 5.76. The number of hydrogen-bond donors (Lipinski definition) is 3. The van der Waals surface area contributed by atoms with E-state index >= 15 is 0 Å². The topological polar surface area (TPSA) is 84.2 Å². The number of hydrogen-bond acceptors (Lipinski definition) is 3. The van der Waals surface area contributed by atoms with Crippen molar-refractivity contribution in [3.8, 4) is 0 Å². The van der Waals surface area contributed by atoms with Crippen molar-refractivity contribution in [2.75, 3.05) is 19.6 Å². The third kappa shape index (κ3) is 5.16. The van der Waals surface area contributed by atoms with Gasteiger partial charge in [0.25, 0.3) is 0 Å². The molecule has 0 heterocycles. The van der Waals surface area contributed by atoms with Crippen molar-refractivity contribution in [2.45, 2.75) is 6.42 Å². The lowest BCUT2D eigenvalue weighted by Crippen LogP contribution is -2.40. The van der Waals surface area contributed by atoms with Crippen LogP contribution in [0.3, 0.4) is 0 Å². The van der Waals surface area contributed by atoms with Crippen molar-refractivity contribution in [2.24, 2.45) is 5.73 Å². The van der Waals surface area contributed by atoms with Gasteiger partial charge in [0, 0.05) is 11.6 Å². The van der Waals surface area contributed by atoms with E-state index in [-0.39, 0.29) is 24.9 Å². The maximum absolute atomic E-state index is 11.3. The van der Waals surface area contributed by atoms with Crippen LogP contribution in [0.25, 0.3) is 0 Å². The lowest BCUT2D eigenvalue weighted by molar-refractivity contribution is -0.125. The molecule has 18 heavy (non-hydrogen) atoms. The molecule has 0 spiro atoms. The molecule has 0 aliphatic rings. The smallest absolute Gasteiger partial charge is 0.239 e. The van der Waals surface area contributed by atoms with E-state index in [1.54, 1.807) is 6.07 Å². The number of nitrogens with one attached hydrogen (secondary N) is 2. The average Bonchev–Trinajstić information content (AvgIpc) is 2.38. The molecule has 0 saturated heterocycles. The number of nitrogens with two attached hydrogens (primary N) is 1. The van der Waals surface area contributed by atoms with Crippen LogP contribution in [0.5, 0.6) is 0 Å². The van der Waals surface area contributed by atoms with Crippen LogP contribution >= 0.6 is 11.6 Å². The van der Waals surface area contributed by atoms with E-state index in [9.17, 15) is 9.59 Å². The molecule has 1 aromatic carbocycles. The summed E-state index contributed by atoms with van der Waals surface area (Å²) < 4.78 is 0. The van der Waals surface area contributed by atoms with Gasteiger partial charge < -0.3 is 16.4 Å². The molecule has 0 bridgehead atoms. The van der Waals surface area contributed by atoms with E-state index in [0.717, 1.165) is 5.56 Å². The molecular formula is C12H16ClN3O2. The van der Waals surface area contributed by atoms with Gasteiger partial charge >= 0.3 is 0 Å². The summed E-state index contributed by atoms with van der Waals surface area (Å²) in [7, 11) is 0. The van der Waals surface area contributed by atoms with Crippen molar-refractivity contribution in [3.05, 3.63) is 34.9 Å². The quantitative estimate of drug-likeness (QED) is 0.683. The number of amides is 2. The van der Waals surface area contributed by atoms with Gasteiger partial charge in [-0.3, -0.25) is 9.59 Å². The van der Waals surface area contributed by atoms with Gasteiger partial charge in [-0.15, -0.1) is 0 Å². The Morgan fingerprint density at radius 3 is 2.56 bits per heavy atom. The highest BCUT2D eigenvalue weighted by molar-refractivity contribution is 6.31. The zero-order valence-electron chi connectivity index (χ0n) is 9.91. The maximum atomic E-state index is 11.3. The molecule has 0 fully saturated rings. The van der Waals surface area contributed by atoms with Gasteiger partial charge in [-0.1, -0.05) is 29.8 Å². The molecule has 5 nitrogen and oxygen atoms in total. The summed E-state index contributed by atoms with van der Waals surface area (Å²) in [6, 6.07) is 7.46. The molecule has 2 amide bonds. The van der Waals surface area contributed by atoms with Crippen LogP contribution < -0.4 is 16.4 Å². The minimum Gasteiger partial charge on any atom is -0.354 e. The molecular weight excluding hydrogens is 254 g/mol. The van der Waals surface area contributed by atoms with Gasteiger partial charge in [-0.05, 0) is 18.1 Å². The Bertz CT molecular complexity index is 424. The second kappa shape index (κ2) is 7.68. The van der Waals surface area contributed by atoms with E-state index in [4.69, 9.17) is 17.3 Å². The van der Waals surface area contributed by atoms with Gasteiger partial charge in [-0.25, -0.2) is 0 Å². The molecule has 6 heteroatoms. The summed E-state index contributed by atoms with van der Waals surface area (Å²) in [5.74, 6) is -0.597. The molecule has 0 unspecified atom stereocenters. The second-order valence-electron chi connectivity index (χ2n) is 3.67. The monoisotopic (exact) mass is 269 g/mol. The third-order valence-corrected chi connectivity index (χ3v) is 2.67. The molecule has 0 aliphatic heterocycles. The normalized spacial score (nSPS) is 9.89. The van der Waals surface area contributed by atoms with Crippen molar-refractivity contribution >= 4 is 23.4 Å². The Morgan fingerprint density at radius 1 is 1.17 bits per heavy atom. The van der Waals surface area contributed by atoms with Crippen molar-refractivity contribution in [3.63, 3.8) is 0 Å². The fraction of sp³-hybridized carbons (Fsp3) is 0.333. The summed E-state index contributed by atoms with van der Waals surface area (Å²) in [6.45, 7) is 0.298. The fourth-order valence-corrected chi connectivity index (χ4v) is 1.58. The van der Waals surface area contributed by atoms with Crippen LogP contribution in [-0.4, -0.2) is 31.4 Å². The first-order valence-electron chi connectivity index (χ1n) is 5.60. The maximum Gasteiger partial charge on any atom is 0.239 e. The van der Waals surface area contributed by atoms with Crippen LogP contribution in [-0.2, 0) is 16.0 Å². The molecule has 0 saturated carbocycles. The number of carbonyl (C=O) groups is 2. The number of carbonyl (C=O) groups excluding carboxylic acids is 2. The second-order valence-corrected chi connectivity index (χ2v) is 4.08. The average molecular weight is 270 g/mol. The van der Waals surface area contributed by atoms with E-state index in [1.165, 1.54) is 0 Å². The standard InChI is InChI=1S/C12H16ClN3O2/c13-10-4-2-1-3-9(10)5-6-15-12(18)8-16-11(17)7-14/h1-4H,5-8,14H2,(H,15,18)(H,16,17). The molecule has 1 aromatic rings. The first kappa shape index (κ1) is 14.5. The number of halogens is 1. The van der Waals surface area contributed by atoms with E-state index in [1.807, 2.05) is 18.2 Å². The van der Waals surface area contributed by atoms with Crippen LogP contribution in [0, 0.1) is 0 Å². The zero-order chi connectivity index (χ0) is 13.4. The summed E-state index contributed by atoms with van der Waals surface area (Å²) in [4.78, 5) is 22.2. The lowest BCUT2D eigenvalue weighted by atomic mass is 10.1. The van der Waals surface area contributed by atoms with Gasteiger partial charge in [0.15, 0.2) is 0 Å². The van der Waals surface area contributed by atoms with Gasteiger partial charge in [0.05, 0.1) is 13.1 Å². The van der Waals surface area contributed by atoms with Gasteiger partial charge in [0.2, 0.25) is 11.8 Å². The van der Waals surface area contributed by atoms with Crippen molar-refractivity contribution in [1.82, 2.24) is 10.6 Å².